The number of piperidine rings is 1. The number of rotatable bonds is 5. The standard InChI is InChI=1S/C15H22FN3O.ClH/c16-14-7-2-1-5-12(14)10-18-15(20)11-19-8-4-3-6-13(19)9-17;/h1-2,5,7,13H,3-4,6,8-11,17H2,(H,18,20);1H. The molecule has 0 spiro atoms. The van der Waals surface area contributed by atoms with Crippen molar-refractivity contribution in [2.24, 2.45) is 5.73 Å². The maximum absolute atomic E-state index is 13.4. The molecule has 1 aromatic carbocycles. The van der Waals surface area contributed by atoms with Crippen molar-refractivity contribution in [2.75, 3.05) is 19.6 Å². The average molecular weight is 316 g/mol. The molecule has 1 fully saturated rings. The van der Waals surface area contributed by atoms with Crippen LogP contribution in [0.15, 0.2) is 24.3 Å². The molecule has 3 N–H and O–H groups in total. The van der Waals surface area contributed by atoms with Crippen LogP contribution in [-0.2, 0) is 11.3 Å². The van der Waals surface area contributed by atoms with Crippen LogP contribution in [0.1, 0.15) is 24.8 Å². The lowest BCUT2D eigenvalue weighted by Gasteiger charge is -2.34. The predicted octanol–water partition coefficient (Wildman–Crippen LogP) is 1.68. The molecule has 1 aliphatic rings. The number of hydrogen-bond donors (Lipinski definition) is 2. The summed E-state index contributed by atoms with van der Waals surface area (Å²) in [6.07, 6.45) is 3.34. The minimum atomic E-state index is -0.286. The Hall–Kier alpha value is -1.17. The molecule has 0 aliphatic carbocycles. The molecule has 1 aromatic rings. The van der Waals surface area contributed by atoms with E-state index in [2.05, 4.69) is 10.2 Å². The van der Waals surface area contributed by atoms with E-state index in [9.17, 15) is 9.18 Å². The van der Waals surface area contributed by atoms with E-state index in [0.29, 0.717) is 24.7 Å². The largest absolute Gasteiger partial charge is 0.351 e. The summed E-state index contributed by atoms with van der Waals surface area (Å²) in [5, 5.41) is 2.77. The van der Waals surface area contributed by atoms with Gasteiger partial charge in [-0.15, -0.1) is 12.4 Å². The van der Waals surface area contributed by atoms with Crippen LogP contribution in [0.25, 0.3) is 0 Å². The molecule has 4 nitrogen and oxygen atoms in total. The summed E-state index contributed by atoms with van der Waals surface area (Å²) in [6, 6.07) is 6.78. The van der Waals surface area contributed by atoms with E-state index >= 15 is 0 Å². The Kier molecular flexibility index (Phi) is 7.64. The summed E-state index contributed by atoms with van der Waals surface area (Å²) in [7, 11) is 0. The number of nitrogens with one attached hydrogen (secondary N) is 1. The first kappa shape index (κ1) is 17.9. The number of likely N-dealkylation sites (tertiary alicyclic amines) is 1. The Morgan fingerprint density at radius 2 is 2.14 bits per heavy atom. The third kappa shape index (κ3) is 5.26. The molecule has 0 aromatic heterocycles. The van der Waals surface area contributed by atoms with Gasteiger partial charge in [-0.05, 0) is 25.5 Å². The summed E-state index contributed by atoms with van der Waals surface area (Å²) >= 11 is 0. The van der Waals surface area contributed by atoms with Crippen LogP contribution in [-0.4, -0.2) is 36.5 Å². The van der Waals surface area contributed by atoms with Crippen molar-refractivity contribution in [3.05, 3.63) is 35.6 Å². The van der Waals surface area contributed by atoms with Crippen LogP contribution in [0.5, 0.6) is 0 Å². The van der Waals surface area contributed by atoms with Gasteiger partial charge in [0.2, 0.25) is 5.91 Å². The molecular weight excluding hydrogens is 293 g/mol. The summed E-state index contributed by atoms with van der Waals surface area (Å²) in [5.74, 6) is -0.362. The number of amides is 1. The summed E-state index contributed by atoms with van der Waals surface area (Å²) in [5.41, 5.74) is 6.24. The summed E-state index contributed by atoms with van der Waals surface area (Å²) < 4.78 is 13.4. The SMILES string of the molecule is Cl.NCC1CCCCN1CC(=O)NCc1ccccc1F. The van der Waals surface area contributed by atoms with Gasteiger partial charge in [-0.2, -0.15) is 0 Å². The normalized spacial score (nSPS) is 18.9. The van der Waals surface area contributed by atoms with E-state index in [4.69, 9.17) is 5.73 Å². The Balaban J connectivity index is 0.00000220. The number of benzene rings is 1. The third-order valence-corrected chi connectivity index (χ3v) is 3.80. The van der Waals surface area contributed by atoms with Crippen LogP contribution in [0.3, 0.4) is 0 Å². The lowest BCUT2D eigenvalue weighted by Crippen LogP contribution is -2.48. The van der Waals surface area contributed by atoms with E-state index in [1.165, 1.54) is 12.5 Å². The maximum atomic E-state index is 13.4. The van der Waals surface area contributed by atoms with Crippen molar-refractivity contribution in [3.8, 4) is 0 Å². The van der Waals surface area contributed by atoms with Gasteiger partial charge in [0.15, 0.2) is 0 Å². The Bertz CT molecular complexity index is 458. The highest BCUT2D eigenvalue weighted by Gasteiger charge is 2.22. The van der Waals surface area contributed by atoms with Crippen LogP contribution in [0.2, 0.25) is 0 Å². The van der Waals surface area contributed by atoms with Crippen molar-refractivity contribution < 1.29 is 9.18 Å². The maximum Gasteiger partial charge on any atom is 0.234 e. The second kappa shape index (κ2) is 8.97. The van der Waals surface area contributed by atoms with Crippen molar-refractivity contribution >= 4 is 18.3 Å². The zero-order valence-electron chi connectivity index (χ0n) is 12.1. The summed E-state index contributed by atoms with van der Waals surface area (Å²) in [6.45, 7) is 2.07. The first-order valence-electron chi connectivity index (χ1n) is 7.15. The molecule has 118 valence electrons. The average Bonchev–Trinajstić information content (AvgIpc) is 2.47. The van der Waals surface area contributed by atoms with Gasteiger partial charge in [0, 0.05) is 24.7 Å². The van der Waals surface area contributed by atoms with E-state index in [0.717, 1.165) is 19.4 Å². The molecule has 1 aliphatic heterocycles. The molecule has 6 heteroatoms. The molecular formula is C15H23ClFN3O. The molecule has 1 heterocycles. The van der Waals surface area contributed by atoms with Gasteiger partial charge in [-0.25, -0.2) is 4.39 Å². The van der Waals surface area contributed by atoms with Gasteiger partial charge < -0.3 is 11.1 Å². The first-order valence-corrected chi connectivity index (χ1v) is 7.15. The van der Waals surface area contributed by atoms with Gasteiger partial charge in [0.25, 0.3) is 0 Å². The van der Waals surface area contributed by atoms with Gasteiger partial charge in [-0.1, -0.05) is 24.6 Å². The smallest absolute Gasteiger partial charge is 0.234 e. The van der Waals surface area contributed by atoms with Crippen molar-refractivity contribution in [1.82, 2.24) is 10.2 Å². The minimum Gasteiger partial charge on any atom is -0.351 e. The van der Waals surface area contributed by atoms with E-state index in [1.807, 2.05) is 0 Å². The van der Waals surface area contributed by atoms with Gasteiger partial charge >= 0.3 is 0 Å². The molecule has 1 unspecified atom stereocenters. The highest BCUT2D eigenvalue weighted by Crippen LogP contribution is 2.15. The van der Waals surface area contributed by atoms with Crippen LogP contribution in [0.4, 0.5) is 4.39 Å². The number of carbonyl (C=O) groups is 1. The minimum absolute atomic E-state index is 0. The lowest BCUT2D eigenvalue weighted by molar-refractivity contribution is -0.123. The second-order valence-electron chi connectivity index (χ2n) is 5.22. The fraction of sp³-hybridized carbons (Fsp3) is 0.533. The van der Waals surface area contributed by atoms with E-state index in [1.54, 1.807) is 18.2 Å². The molecule has 1 amide bonds. The molecule has 0 bridgehead atoms. The summed E-state index contributed by atoms with van der Waals surface area (Å²) in [4.78, 5) is 14.1. The number of halogens is 2. The first-order chi connectivity index (χ1) is 9.70. The van der Waals surface area contributed by atoms with Gasteiger partial charge in [0.1, 0.15) is 5.82 Å². The monoisotopic (exact) mass is 315 g/mol. The van der Waals surface area contributed by atoms with Crippen molar-refractivity contribution in [1.29, 1.82) is 0 Å². The number of nitrogens with zero attached hydrogens (tertiary/aromatic N) is 1. The quantitative estimate of drug-likeness (QED) is 0.869. The molecule has 0 radical (unpaired) electrons. The van der Waals surface area contributed by atoms with Crippen LogP contribution >= 0.6 is 12.4 Å². The zero-order chi connectivity index (χ0) is 14.4. The molecule has 21 heavy (non-hydrogen) atoms. The van der Waals surface area contributed by atoms with Gasteiger partial charge in [-0.3, -0.25) is 9.69 Å². The molecule has 1 saturated heterocycles. The van der Waals surface area contributed by atoms with Crippen LogP contribution in [0, 0.1) is 5.82 Å². The van der Waals surface area contributed by atoms with Crippen molar-refractivity contribution in [2.45, 2.75) is 31.8 Å². The fourth-order valence-electron chi connectivity index (χ4n) is 2.61. The number of nitrogens with two attached hydrogens (primary N) is 1. The Labute approximate surface area is 131 Å². The highest BCUT2D eigenvalue weighted by atomic mass is 35.5. The molecule has 1 atom stereocenters. The Morgan fingerprint density at radius 3 is 2.86 bits per heavy atom. The lowest BCUT2D eigenvalue weighted by atomic mass is 10.0. The van der Waals surface area contributed by atoms with Crippen LogP contribution < -0.4 is 11.1 Å². The molecule has 0 saturated carbocycles. The zero-order valence-corrected chi connectivity index (χ0v) is 12.9. The second-order valence-corrected chi connectivity index (χ2v) is 5.22. The van der Waals surface area contributed by atoms with E-state index in [-0.39, 0.29) is 30.7 Å². The fourth-order valence-corrected chi connectivity index (χ4v) is 2.61. The van der Waals surface area contributed by atoms with Gasteiger partial charge in [0.05, 0.1) is 6.54 Å². The van der Waals surface area contributed by atoms with Crippen molar-refractivity contribution in [3.63, 3.8) is 0 Å². The number of hydrogen-bond acceptors (Lipinski definition) is 3. The highest BCUT2D eigenvalue weighted by molar-refractivity contribution is 5.85. The van der Waals surface area contributed by atoms with E-state index < -0.39 is 0 Å². The Morgan fingerprint density at radius 1 is 1.38 bits per heavy atom. The predicted molar refractivity (Wildman–Crippen MR) is 83.8 cm³/mol. The third-order valence-electron chi connectivity index (χ3n) is 3.80. The number of carbonyl (C=O) groups excluding carboxylic acids is 1. The topological polar surface area (TPSA) is 58.4 Å². The molecule has 2 rings (SSSR count).